The Hall–Kier alpha value is -3.44. The lowest BCUT2D eigenvalue weighted by molar-refractivity contribution is -0.131. The van der Waals surface area contributed by atoms with Crippen molar-refractivity contribution in [3.05, 3.63) is 23.7 Å². The van der Waals surface area contributed by atoms with Crippen molar-refractivity contribution in [1.29, 1.82) is 0 Å². The number of nitrogens with one attached hydrogen (secondary N) is 2. The average Bonchev–Trinajstić information content (AvgIpc) is 3.11. The molecule has 178 valence electrons. The SMILES string of the molecule is CC(=O)C1(ON=C(C(=O)NC(CCn2cncn2)C(=O)NS(=O)(=O)O)c2csc(N)n2)CC1. The van der Waals surface area contributed by atoms with Gasteiger partial charge in [-0.3, -0.25) is 23.6 Å². The molecule has 3 rings (SSSR count). The summed E-state index contributed by atoms with van der Waals surface area (Å²) in [5.41, 5.74) is 4.16. The van der Waals surface area contributed by atoms with Crippen molar-refractivity contribution in [1.82, 2.24) is 29.8 Å². The number of carbonyl (C=O) groups excluding carboxylic acids is 3. The smallest absolute Gasteiger partial charge is 0.359 e. The number of hydrogen-bond acceptors (Lipinski definition) is 12. The zero-order chi connectivity index (χ0) is 24.2. The van der Waals surface area contributed by atoms with E-state index in [4.69, 9.17) is 15.1 Å². The van der Waals surface area contributed by atoms with Crippen LogP contribution < -0.4 is 15.8 Å². The first-order chi connectivity index (χ1) is 15.5. The van der Waals surface area contributed by atoms with Crippen LogP contribution in [0.25, 0.3) is 0 Å². The number of nitrogen functional groups attached to an aromatic ring is 1. The maximum absolute atomic E-state index is 13.0. The molecule has 5 N–H and O–H groups in total. The first-order valence-electron chi connectivity index (χ1n) is 9.40. The van der Waals surface area contributed by atoms with E-state index < -0.39 is 33.8 Å². The zero-order valence-corrected chi connectivity index (χ0v) is 18.8. The predicted octanol–water partition coefficient (Wildman–Crippen LogP) is -1.35. The van der Waals surface area contributed by atoms with Gasteiger partial charge in [-0.1, -0.05) is 5.16 Å². The summed E-state index contributed by atoms with van der Waals surface area (Å²) in [4.78, 5) is 50.2. The van der Waals surface area contributed by atoms with E-state index in [1.54, 1.807) is 0 Å². The normalized spacial score (nSPS) is 16.0. The molecular formula is C16H20N8O7S2. The van der Waals surface area contributed by atoms with Gasteiger partial charge in [-0.15, -0.1) is 11.3 Å². The van der Waals surface area contributed by atoms with Crippen molar-refractivity contribution in [3.8, 4) is 0 Å². The maximum Gasteiger partial charge on any atom is 0.359 e. The van der Waals surface area contributed by atoms with Gasteiger partial charge in [0.2, 0.25) is 0 Å². The number of aryl methyl sites for hydroxylation is 1. The lowest BCUT2D eigenvalue weighted by Gasteiger charge is -2.18. The topological polar surface area (TPSA) is 221 Å². The molecular weight excluding hydrogens is 480 g/mol. The number of ketones is 1. The number of oxime groups is 1. The molecule has 1 unspecified atom stereocenters. The molecule has 0 spiro atoms. The number of amides is 2. The number of nitrogens with two attached hydrogens (primary N) is 1. The summed E-state index contributed by atoms with van der Waals surface area (Å²) < 4.78 is 33.9. The van der Waals surface area contributed by atoms with Crippen LogP contribution in [0.3, 0.4) is 0 Å². The fourth-order valence-electron chi connectivity index (χ4n) is 2.66. The monoisotopic (exact) mass is 500 g/mol. The lowest BCUT2D eigenvalue weighted by atomic mass is 10.1. The van der Waals surface area contributed by atoms with Crippen molar-refractivity contribution in [2.45, 2.75) is 44.4 Å². The molecule has 2 aromatic heterocycles. The number of carbonyl (C=O) groups is 3. The van der Waals surface area contributed by atoms with Gasteiger partial charge in [-0.2, -0.15) is 13.5 Å². The van der Waals surface area contributed by atoms with E-state index in [1.807, 2.05) is 0 Å². The largest absolute Gasteiger partial charge is 0.380 e. The van der Waals surface area contributed by atoms with Gasteiger partial charge in [0.25, 0.3) is 11.8 Å². The molecule has 33 heavy (non-hydrogen) atoms. The number of aromatic nitrogens is 4. The molecule has 0 saturated heterocycles. The van der Waals surface area contributed by atoms with Crippen molar-refractivity contribution in [2.75, 3.05) is 5.73 Å². The van der Waals surface area contributed by atoms with Crippen LogP contribution in [0, 0.1) is 0 Å². The predicted molar refractivity (Wildman–Crippen MR) is 113 cm³/mol. The highest BCUT2D eigenvalue weighted by Gasteiger charge is 2.51. The van der Waals surface area contributed by atoms with Crippen LogP contribution in [0.1, 0.15) is 31.9 Å². The van der Waals surface area contributed by atoms with Gasteiger partial charge in [0, 0.05) is 24.8 Å². The summed E-state index contributed by atoms with van der Waals surface area (Å²) in [7, 11) is -4.88. The van der Waals surface area contributed by atoms with Crippen molar-refractivity contribution in [3.63, 3.8) is 0 Å². The molecule has 2 heterocycles. The number of anilines is 1. The van der Waals surface area contributed by atoms with Crippen LogP contribution >= 0.6 is 11.3 Å². The number of rotatable bonds is 11. The molecule has 2 aromatic rings. The average molecular weight is 501 g/mol. The first-order valence-corrected chi connectivity index (χ1v) is 11.7. The lowest BCUT2D eigenvalue weighted by Crippen LogP contribution is -2.50. The highest BCUT2D eigenvalue weighted by atomic mass is 32.2. The summed E-state index contributed by atoms with van der Waals surface area (Å²) in [6.45, 7) is 1.41. The third kappa shape index (κ3) is 6.53. The van der Waals surface area contributed by atoms with Gasteiger partial charge < -0.3 is 15.9 Å². The Labute approximate surface area is 191 Å². The molecule has 1 aliphatic rings. The Morgan fingerprint density at radius 2 is 2.15 bits per heavy atom. The Kier molecular flexibility index (Phi) is 7.04. The maximum atomic E-state index is 13.0. The molecule has 1 aliphatic carbocycles. The fraction of sp³-hybridized carbons (Fsp3) is 0.438. The van der Waals surface area contributed by atoms with E-state index >= 15 is 0 Å². The summed E-state index contributed by atoms with van der Waals surface area (Å²) in [6, 6.07) is -1.44. The molecule has 0 aromatic carbocycles. The van der Waals surface area contributed by atoms with Gasteiger partial charge in [0.05, 0.1) is 0 Å². The first kappa shape index (κ1) is 24.2. The Morgan fingerprint density at radius 3 is 2.67 bits per heavy atom. The molecule has 15 nitrogen and oxygen atoms in total. The van der Waals surface area contributed by atoms with Crippen LogP contribution in [0.15, 0.2) is 23.2 Å². The molecule has 0 bridgehead atoms. The van der Waals surface area contributed by atoms with E-state index in [9.17, 15) is 22.8 Å². The van der Waals surface area contributed by atoms with Gasteiger partial charge in [0.1, 0.15) is 24.4 Å². The second kappa shape index (κ2) is 9.59. The molecule has 1 fully saturated rings. The molecule has 17 heteroatoms. The van der Waals surface area contributed by atoms with Crippen LogP contribution in [0.4, 0.5) is 5.13 Å². The number of hydrogen-bond donors (Lipinski definition) is 4. The Morgan fingerprint density at radius 1 is 1.42 bits per heavy atom. The van der Waals surface area contributed by atoms with E-state index in [1.165, 1.54) is 34.4 Å². The fourth-order valence-corrected chi connectivity index (χ4v) is 3.60. The van der Waals surface area contributed by atoms with Gasteiger partial charge in [-0.25, -0.2) is 14.7 Å². The quantitative estimate of drug-likeness (QED) is 0.160. The van der Waals surface area contributed by atoms with E-state index in [2.05, 4.69) is 25.5 Å². The third-order valence-corrected chi connectivity index (χ3v) is 5.73. The Bertz CT molecular complexity index is 1170. The van der Waals surface area contributed by atoms with E-state index in [0.29, 0.717) is 12.8 Å². The van der Waals surface area contributed by atoms with Crippen molar-refractivity contribution >= 4 is 50.1 Å². The minimum atomic E-state index is -4.88. The highest BCUT2D eigenvalue weighted by Crippen LogP contribution is 2.40. The highest BCUT2D eigenvalue weighted by molar-refractivity contribution is 7.84. The minimum absolute atomic E-state index is 0.0274. The molecule has 0 radical (unpaired) electrons. The summed E-state index contributed by atoms with van der Waals surface area (Å²) in [5.74, 6) is -2.41. The number of Topliss-reactive ketones (excluding diaryl/α,β-unsaturated/α-hetero) is 1. The molecule has 1 atom stereocenters. The molecule has 2 amide bonds. The minimum Gasteiger partial charge on any atom is -0.380 e. The summed E-state index contributed by atoms with van der Waals surface area (Å²) in [5, 5.41) is 11.6. The van der Waals surface area contributed by atoms with Gasteiger partial charge in [0.15, 0.2) is 22.2 Å². The molecule has 0 aliphatic heterocycles. The summed E-state index contributed by atoms with van der Waals surface area (Å²) >= 11 is 1.02. The number of thiazole rings is 1. The summed E-state index contributed by atoms with van der Waals surface area (Å²) in [6.07, 6.45) is 3.34. The Balaban J connectivity index is 1.83. The van der Waals surface area contributed by atoms with E-state index in [0.717, 1.165) is 11.3 Å². The van der Waals surface area contributed by atoms with Crippen molar-refractivity contribution in [2.24, 2.45) is 5.16 Å². The second-order valence-electron chi connectivity index (χ2n) is 7.07. The van der Waals surface area contributed by atoms with Crippen molar-refractivity contribution < 1.29 is 32.2 Å². The van der Waals surface area contributed by atoms with Crippen LogP contribution in [0.5, 0.6) is 0 Å². The van der Waals surface area contributed by atoms with Gasteiger partial charge >= 0.3 is 10.3 Å². The third-order valence-electron chi connectivity index (χ3n) is 4.60. The van der Waals surface area contributed by atoms with Crippen LogP contribution in [0.2, 0.25) is 0 Å². The van der Waals surface area contributed by atoms with Gasteiger partial charge in [-0.05, 0) is 13.3 Å². The van der Waals surface area contributed by atoms with E-state index in [-0.39, 0.29) is 35.3 Å². The number of nitrogens with zero attached hydrogens (tertiary/aromatic N) is 5. The second-order valence-corrected chi connectivity index (χ2v) is 9.11. The molecule has 1 saturated carbocycles. The van der Waals surface area contributed by atoms with Crippen LogP contribution in [-0.4, -0.2) is 67.7 Å². The van der Waals surface area contributed by atoms with Crippen LogP contribution in [-0.2, 0) is 36.1 Å². The standard InChI is InChI=1S/C16H20N8O7S2/c1-9(25)16(3-4-16)31-22-12(11-6-32-15(17)21-11)14(27)20-10(13(26)23-33(28,29)30)2-5-24-8-18-7-19-24/h6-8,10H,2-5H2,1H3,(H2,17,21)(H,20,27)(H,23,26)(H,28,29,30). The zero-order valence-electron chi connectivity index (χ0n) is 17.2.